The first kappa shape index (κ1) is 21.9. The van der Waals surface area contributed by atoms with Crippen LogP contribution in [0.3, 0.4) is 0 Å². The molecule has 1 saturated heterocycles. The molecule has 0 radical (unpaired) electrons. The second kappa shape index (κ2) is 9.05. The van der Waals surface area contributed by atoms with Gasteiger partial charge in [0.25, 0.3) is 11.8 Å². The Kier molecular flexibility index (Phi) is 6.40. The Bertz CT molecular complexity index is 1030. The molecule has 0 spiro atoms. The molecule has 0 saturated carbocycles. The highest BCUT2D eigenvalue weighted by molar-refractivity contribution is 6.41. The Morgan fingerprint density at radius 2 is 1.61 bits per heavy atom. The highest BCUT2D eigenvalue weighted by Crippen LogP contribution is 2.38. The van der Waals surface area contributed by atoms with Crippen LogP contribution in [0.15, 0.2) is 54.2 Å². The van der Waals surface area contributed by atoms with Crippen LogP contribution in [0.2, 0.25) is 10.0 Å². The number of rotatable bonds is 5. The van der Waals surface area contributed by atoms with Crippen molar-refractivity contribution in [2.45, 2.75) is 26.7 Å². The van der Waals surface area contributed by atoms with Gasteiger partial charge in [0.2, 0.25) is 0 Å². The molecule has 2 heterocycles. The largest absolute Gasteiger partial charge is 0.366 e. The molecule has 0 aromatic heterocycles. The van der Waals surface area contributed by atoms with Gasteiger partial charge < -0.3 is 4.90 Å². The van der Waals surface area contributed by atoms with Crippen LogP contribution in [0.1, 0.15) is 31.4 Å². The van der Waals surface area contributed by atoms with E-state index in [0.29, 0.717) is 51.7 Å². The second-order valence-electron chi connectivity index (χ2n) is 8.70. The van der Waals surface area contributed by atoms with Crippen LogP contribution in [0.5, 0.6) is 0 Å². The third kappa shape index (κ3) is 4.51. The summed E-state index contributed by atoms with van der Waals surface area (Å²) in [5.41, 5.74) is 2.51. The number of hydrogen-bond acceptors (Lipinski definition) is 3. The van der Waals surface area contributed by atoms with Gasteiger partial charge in [0, 0.05) is 30.2 Å². The third-order valence-electron chi connectivity index (χ3n) is 6.00. The van der Waals surface area contributed by atoms with Crippen LogP contribution >= 0.6 is 23.2 Å². The minimum absolute atomic E-state index is 0.233. The van der Waals surface area contributed by atoms with E-state index in [0.717, 1.165) is 25.1 Å². The molecule has 6 heteroatoms. The lowest BCUT2D eigenvalue weighted by Crippen LogP contribution is -2.42. The van der Waals surface area contributed by atoms with Crippen LogP contribution < -0.4 is 0 Å². The lowest BCUT2D eigenvalue weighted by atomic mass is 9.91. The molecular formula is C25H26Cl2N2O2. The molecule has 162 valence electrons. The predicted molar refractivity (Wildman–Crippen MR) is 125 cm³/mol. The number of hydrogen-bond donors (Lipinski definition) is 0. The summed E-state index contributed by atoms with van der Waals surface area (Å²) in [7, 11) is 0. The quantitative estimate of drug-likeness (QED) is 0.573. The number of benzene rings is 2. The second-order valence-corrected chi connectivity index (χ2v) is 9.54. The van der Waals surface area contributed by atoms with Gasteiger partial charge in [-0.25, -0.2) is 0 Å². The number of nitrogens with zero attached hydrogens (tertiary/aromatic N) is 2. The van der Waals surface area contributed by atoms with Crippen molar-refractivity contribution in [1.29, 1.82) is 0 Å². The molecule has 0 N–H and O–H groups in total. The minimum atomic E-state index is -0.286. The average Bonchev–Trinajstić information content (AvgIpc) is 2.96. The molecule has 1 fully saturated rings. The third-order valence-corrected chi connectivity index (χ3v) is 6.54. The number of carbonyl (C=O) groups is 2. The Morgan fingerprint density at radius 1 is 0.935 bits per heavy atom. The first-order chi connectivity index (χ1) is 14.8. The summed E-state index contributed by atoms with van der Waals surface area (Å²) in [4.78, 5) is 30.5. The maximum absolute atomic E-state index is 13.5. The number of halogens is 2. The minimum Gasteiger partial charge on any atom is -0.366 e. The summed E-state index contributed by atoms with van der Waals surface area (Å²) in [6.45, 7) is 6.21. The molecule has 2 atom stereocenters. The van der Waals surface area contributed by atoms with Gasteiger partial charge in [-0.2, -0.15) is 0 Å². The SMILES string of the molecule is CC1CC(C)CN(C2=C(c3ccc(Cl)cc3Cl)C(=O)N(CCc3ccccc3)C2=O)C1. The Morgan fingerprint density at radius 3 is 2.26 bits per heavy atom. The van der Waals surface area contributed by atoms with E-state index in [1.165, 1.54) is 4.90 Å². The molecule has 31 heavy (non-hydrogen) atoms. The lowest BCUT2D eigenvalue weighted by molar-refractivity contribution is -0.137. The molecule has 2 amide bonds. The predicted octanol–water partition coefficient (Wildman–Crippen LogP) is 5.29. The molecule has 2 aromatic rings. The monoisotopic (exact) mass is 456 g/mol. The van der Waals surface area contributed by atoms with Crippen molar-refractivity contribution < 1.29 is 9.59 Å². The van der Waals surface area contributed by atoms with Crippen molar-refractivity contribution in [2.75, 3.05) is 19.6 Å². The van der Waals surface area contributed by atoms with Gasteiger partial charge in [-0.3, -0.25) is 14.5 Å². The van der Waals surface area contributed by atoms with Crippen molar-refractivity contribution in [3.63, 3.8) is 0 Å². The average molecular weight is 457 g/mol. The van der Waals surface area contributed by atoms with Crippen molar-refractivity contribution in [2.24, 2.45) is 11.8 Å². The highest BCUT2D eigenvalue weighted by Gasteiger charge is 2.43. The lowest BCUT2D eigenvalue weighted by Gasteiger charge is -2.37. The Labute approximate surface area is 193 Å². The number of likely N-dealkylation sites (tertiary alicyclic amines) is 1. The summed E-state index contributed by atoms with van der Waals surface area (Å²) in [5.74, 6) is 0.369. The molecule has 4 rings (SSSR count). The van der Waals surface area contributed by atoms with E-state index in [1.807, 2.05) is 30.3 Å². The van der Waals surface area contributed by atoms with Crippen molar-refractivity contribution in [3.05, 3.63) is 75.4 Å². The van der Waals surface area contributed by atoms with E-state index in [-0.39, 0.29) is 11.8 Å². The van der Waals surface area contributed by atoms with E-state index in [9.17, 15) is 9.59 Å². The van der Waals surface area contributed by atoms with Gasteiger partial charge in [0.15, 0.2) is 0 Å². The van der Waals surface area contributed by atoms with Gasteiger partial charge >= 0.3 is 0 Å². The van der Waals surface area contributed by atoms with E-state index >= 15 is 0 Å². The van der Waals surface area contributed by atoms with Crippen LogP contribution in [0.4, 0.5) is 0 Å². The van der Waals surface area contributed by atoms with Crippen LogP contribution in [0.25, 0.3) is 5.57 Å². The van der Waals surface area contributed by atoms with Gasteiger partial charge in [-0.05, 0) is 42.4 Å². The molecule has 0 bridgehead atoms. The van der Waals surface area contributed by atoms with Crippen LogP contribution in [0, 0.1) is 11.8 Å². The first-order valence-electron chi connectivity index (χ1n) is 10.7. The maximum atomic E-state index is 13.5. The Hall–Kier alpha value is -2.30. The molecule has 2 aromatic carbocycles. The zero-order valence-electron chi connectivity index (χ0n) is 17.8. The smallest absolute Gasteiger partial charge is 0.277 e. The number of imide groups is 1. The van der Waals surface area contributed by atoms with Gasteiger partial charge in [0.05, 0.1) is 10.6 Å². The van der Waals surface area contributed by atoms with Crippen molar-refractivity contribution in [3.8, 4) is 0 Å². The van der Waals surface area contributed by atoms with E-state index < -0.39 is 0 Å². The molecule has 2 aliphatic rings. The zero-order valence-corrected chi connectivity index (χ0v) is 19.3. The topological polar surface area (TPSA) is 40.6 Å². The summed E-state index contributed by atoms with van der Waals surface area (Å²) < 4.78 is 0. The van der Waals surface area contributed by atoms with Gasteiger partial charge in [-0.15, -0.1) is 0 Å². The van der Waals surface area contributed by atoms with Crippen LogP contribution in [-0.4, -0.2) is 41.2 Å². The number of amides is 2. The molecule has 2 aliphatic heterocycles. The summed E-state index contributed by atoms with van der Waals surface area (Å²) in [6.07, 6.45) is 1.72. The molecule has 4 nitrogen and oxygen atoms in total. The fraction of sp³-hybridized carbons (Fsp3) is 0.360. The van der Waals surface area contributed by atoms with Gasteiger partial charge in [0.1, 0.15) is 5.70 Å². The number of piperidine rings is 1. The first-order valence-corrected chi connectivity index (χ1v) is 11.5. The highest BCUT2D eigenvalue weighted by atomic mass is 35.5. The normalized spacial score (nSPS) is 21.9. The summed E-state index contributed by atoms with van der Waals surface area (Å²) >= 11 is 12.6. The fourth-order valence-electron chi connectivity index (χ4n) is 4.73. The maximum Gasteiger partial charge on any atom is 0.277 e. The van der Waals surface area contributed by atoms with Crippen molar-refractivity contribution in [1.82, 2.24) is 9.80 Å². The van der Waals surface area contributed by atoms with Crippen LogP contribution in [-0.2, 0) is 16.0 Å². The zero-order chi connectivity index (χ0) is 22.1. The summed E-state index contributed by atoms with van der Waals surface area (Å²) in [5, 5.41) is 0.873. The number of carbonyl (C=O) groups excluding carboxylic acids is 2. The molecule has 0 aliphatic carbocycles. The van der Waals surface area contributed by atoms with E-state index in [1.54, 1.807) is 18.2 Å². The molecular weight excluding hydrogens is 431 g/mol. The standard InChI is InChI=1S/C25H26Cl2N2O2/c1-16-12-17(2)15-28(14-16)23-22(20-9-8-19(26)13-21(20)27)24(30)29(25(23)31)11-10-18-6-4-3-5-7-18/h3-9,13,16-17H,10-12,14-15H2,1-2H3. The van der Waals surface area contributed by atoms with E-state index in [4.69, 9.17) is 23.2 Å². The summed E-state index contributed by atoms with van der Waals surface area (Å²) in [6, 6.07) is 14.9. The molecule has 2 unspecified atom stereocenters. The Balaban J connectivity index is 1.72. The van der Waals surface area contributed by atoms with Crippen molar-refractivity contribution >= 4 is 40.6 Å². The fourth-order valence-corrected chi connectivity index (χ4v) is 5.23. The van der Waals surface area contributed by atoms with E-state index in [2.05, 4.69) is 18.7 Å². The van der Waals surface area contributed by atoms with Gasteiger partial charge in [-0.1, -0.05) is 73.4 Å².